The molecule has 1 aromatic rings. The summed E-state index contributed by atoms with van der Waals surface area (Å²) in [5, 5.41) is 0. The van der Waals surface area contributed by atoms with Crippen LogP contribution < -0.4 is 0 Å². The van der Waals surface area contributed by atoms with Gasteiger partial charge in [-0.25, -0.2) is 0 Å². The van der Waals surface area contributed by atoms with Gasteiger partial charge >= 0.3 is 0 Å². The van der Waals surface area contributed by atoms with Crippen molar-refractivity contribution in [3.05, 3.63) is 30.1 Å². The average molecular weight is 269 g/mol. The van der Waals surface area contributed by atoms with Crippen LogP contribution in [0.3, 0.4) is 0 Å². The van der Waals surface area contributed by atoms with E-state index in [1.165, 1.54) is 18.5 Å². The molecule has 2 atom stereocenters. The monoisotopic (exact) mass is 268 g/mol. The number of halogens is 1. The molecule has 1 saturated heterocycles. The third kappa shape index (κ3) is 3.02. The molecule has 1 aliphatic rings. The van der Waals surface area contributed by atoms with Gasteiger partial charge in [-0.1, -0.05) is 22.9 Å². The Hall–Kier alpha value is -0.410. The number of hydrogen-bond acceptors (Lipinski definition) is 2. The highest BCUT2D eigenvalue weighted by Gasteiger charge is 2.23. The summed E-state index contributed by atoms with van der Waals surface area (Å²) in [6, 6.07) is 4.20. The lowest BCUT2D eigenvalue weighted by Gasteiger charge is -2.34. The van der Waals surface area contributed by atoms with Crippen molar-refractivity contribution in [2.45, 2.75) is 24.7 Å². The zero-order valence-electron chi connectivity index (χ0n) is 9.06. The number of rotatable bonds is 2. The van der Waals surface area contributed by atoms with E-state index in [4.69, 9.17) is 0 Å². The Kier molecular flexibility index (Phi) is 3.76. The van der Waals surface area contributed by atoms with E-state index in [2.05, 4.69) is 44.9 Å². The molecule has 0 spiro atoms. The van der Waals surface area contributed by atoms with Crippen LogP contribution in [0.1, 0.15) is 18.9 Å². The first-order valence-corrected chi connectivity index (χ1v) is 6.42. The molecular weight excluding hydrogens is 252 g/mol. The number of hydrogen-bond donors (Lipinski definition) is 0. The molecule has 1 aliphatic heterocycles. The van der Waals surface area contributed by atoms with Crippen LogP contribution in [0.15, 0.2) is 24.5 Å². The van der Waals surface area contributed by atoms with E-state index in [9.17, 15) is 0 Å². The molecule has 0 amide bonds. The highest BCUT2D eigenvalue weighted by molar-refractivity contribution is 9.09. The van der Waals surface area contributed by atoms with Crippen LogP contribution in [0, 0.1) is 5.92 Å². The van der Waals surface area contributed by atoms with Crippen molar-refractivity contribution < 1.29 is 0 Å². The highest BCUT2D eigenvalue weighted by Crippen LogP contribution is 2.24. The number of pyridine rings is 1. The zero-order chi connectivity index (χ0) is 10.7. The van der Waals surface area contributed by atoms with Crippen LogP contribution in [0.25, 0.3) is 0 Å². The first-order valence-electron chi connectivity index (χ1n) is 5.51. The van der Waals surface area contributed by atoms with Gasteiger partial charge in [0.15, 0.2) is 0 Å². The quantitative estimate of drug-likeness (QED) is 0.767. The van der Waals surface area contributed by atoms with Gasteiger partial charge in [0.25, 0.3) is 0 Å². The summed E-state index contributed by atoms with van der Waals surface area (Å²) in [6.45, 7) is 5.75. The molecule has 2 heterocycles. The van der Waals surface area contributed by atoms with Crippen molar-refractivity contribution in [3.8, 4) is 0 Å². The van der Waals surface area contributed by atoms with E-state index >= 15 is 0 Å². The summed E-state index contributed by atoms with van der Waals surface area (Å²) in [4.78, 5) is 7.19. The Labute approximate surface area is 99.8 Å². The van der Waals surface area contributed by atoms with Crippen LogP contribution in [-0.2, 0) is 6.54 Å². The molecule has 2 unspecified atom stereocenters. The summed E-state index contributed by atoms with van der Waals surface area (Å²) in [6.07, 6.45) is 5.03. The summed E-state index contributed by atoms with van der Waals surface area (Å²) in [7, 11) is 0. The van der Waals surface area contributed by atoms with Gasteiger partial charge in [0.1, 0.15) is 0 Å². The lowest BCUT2D eigenvalue weighted by molar-refractivity contribution is 0.194. The molecule has 3 heteroatoms. The topological polar surface area (TPSA) is 16.1 Å². The summed E-state index contributed by atoms with van der Waals surface area (Å²) >= 11 is 3.75. The maximum absolute atomic E-state index is 4.04. The van der Waals surface area contributed by atoms with Crippen molar-refractivity contribution in [3.63, 3.8) is 0 Å². The van der Waals surface area contributed by atoms with E-state index in [0.29, 0.717) is 4.83 Å². The maximum atomic E-state index is 4.04. The first kappa shape index (κ1) is 11.1. The lowest BCUT2D eigenvalue weighted by Crippen LogP contribution is -2.39. The fraction of sp³-hybridized carbons (Fsp3) is 0.583. The Morgan fingerprint density at radius 2 is 2.20 bits per heavy atom. The van der Waals surface area contributed by atoms with Crippen LogP contribution in [0.4, 0.5) is 0 Å². The van der Waals surface area contributed by atoms with Crippen LogP contribution in [0.5, 0.6) is 0 Å². The molecule has 1 aromatic heterocycles. The highest BCUT2D eigenvalue weighted by atomic mass is 79.9. The van der Waals surface area contributed by atoms with Crippen molar-refractivity contribution >= 4 is 15.9 Å². The van der Waals surface area contributed by atoms with E-state index in [-0.39, 0.29) is 0 Å². The number of likely N-dealkylation sites (tertiary alicyclic amines) is 1. The molecule has 1 fully saturated rings. The second-order valence-corrected chi connectivity index (χ2v) is 5.55. The maximum Gasteiger partial charge on any atom is 0.0299 e. The second kappa shape index (κ2) is 5.08. The molecule has 2 nitrogen and oxygen atoms in total. The molecule has 0 bridgehead atoms. The van der Waals surface area contributed by atoms with E-state index in [1.807, 2.05) is 12.4 Å². The number of nitrogens with zero attached hydrogens (tertiary/aromatic N) is 2. The van der Waals surface area contributed by atoms with E-state index in [1.54, 1.807) is 0 Å². The third-order valence-corrected chi connectivity index (χ3v) is 4.30. The second-order valence-electron chi connectivity index (χ2n) is 4.37. The minimum absolute atomic E-state index is 0.646. The molecule has 2 rings (SSSR count). The molecular formula is C12H17BrN2. The van der Waals surface area contributed by atoms with Crippen LogP contribution in [0.2, 0.25) is 0 Å². The number of aromatic nitrogens is 1. The zero-order valence-corrected chi connectivity index (χ0v) is 10.7. The van der Waals surface area contributed by atoms with Gasteiger partial charge < -0.3 is 0 Å². The summed E-state index contributed by atoms with van der Waals surface area (Å²) in [5.41, 5.74) is 1.36. The van der Waals surface area contributed by atoms with E-state index in [0.717, 1.165) is 19.0 Å². The molecule has 15 heavy (non-hydrogen) atoms. The molecule has 0 N–H and O–H groups in total. The largest absolute Gasteiger partial charge is 0.298 e. The molecule has 0 aromatic carbocycles. The summed E-state index contributed by atoms with van der Waals surface area (Å²) in [5.74, 6) is 0.804. The van der Waals surface area contributed by atoms with Gasteiger partial charge in [-0.15, -0.1) is 0 Å². The third-order valence-electron chi connectivity index (χ3n) is 3.11. The fourth-order valence-electron chi connectivity index (χ4n) is 1.97. The fourth-order valence-corrected chi connectivity index (χ4v) is 2.65. The Bertz CT molecular complexity index is 302. The Balaban J connectivity index is 1.91. The molecule has 0 aliphatic carbocycles. The minimum atomic E-state index is 0.646. The van der Waals surface area contributed by atoms with Crippen molar-refractivity contribution in [1.82, 2.24) is 9.88 Å². The molecule has 82 valence electrons. The van der Waals surface area contributed by atoms with Gasteiger partial charge in [0.2, 0.25) is 0 Å². The normalized spacial score (nSPS) is 27.9. The number of piperidine rings is 1. The SMILES string of the molecule is CC1CCN(Cc2ccncc2)CC1Br. The van der Waals surface area contributed by atoms with Gasteiger partial charge in [-0.2, -0.15) is 0 Å². The average Bonchev–Trinajstić information content (AvgIpc) is 2.25. The molecule has 0 radical (unpaired) electrons. The lowest BCUT2D eigenvalue weighted by atomic mass is 9.99. The van der Waals surface area contributed by atoms with Gasteiger partial charge in [-0.3, -0.25) is 9.88 Å². The Morgan fingerprint density at radius 1 is 1.47 bits per heavy atom. The van der Waals surface area contributed by atoms with Gasteiger partial charge in [-0.05, 0) is 36.6 Å². The van der Waals surface area contributed by atoms with Crippen molar-refractivity contribution in [2.24, 2.45) is 5.92 Å². The van der Waals surface area contributed by atoms with Crippen molar-refractivity contribution in [2.75, 3.05) is 13.1 Å². The number of alkyl halides is 1. The van der Waals surface area contributed by atoms with Crippen LogP contribution in [-0.4, -0.2) is 27.8 Å². The molecule has 0 saturated carbocycles. The smallest absolute Gasteiger partial charge is 0.0299 e. The minimum Gasteiger partial charge on any atom is -0.298 e. The summed E-state index contributed by atoms with van der Waals surface area (Å²) < 4.78 is 0. The first-order chi connectivity index (χ1) is 7.25. The van der Waals surface area contributed by atoms with Gasteiger partial charge in [0, 0.05) is 30.3 Å². The predicted molar refractivity (Wildman–Crippen MR) is 66.0 cm³/mol. The van der Waals surface area contributed by atoms with E-state index < -0.39 is 0 Å². The van der Waals surface area contributed by atoms with Gasteiger partial charge in [0.05, 0.1) is 0 Å². The predicted octanol–water partition coefficient (Wildman–Crippen LogP) is 2.69. The van der Waals surface area contributed by atoms with Crippen molar-refractivity contribution in [1.29, 1.82) is 0 Å². The Morgan fingerprint density at radius 3 is 2.87 bits per heavy atom. The van der Waals surface area contributed by atoms with Crippen LogP contribution >= 0.6 is 15.9 Å². The standard InChI is InChI=1S/C12H17BrN2/c1-10-4-7-15(9-12(10)13)8-11-2-5-14-6-3-11/h2-3,5-6,10,12H,4,7-9H2,1H3.